The van der Waals surface area contributed by atoms with Crippen LogP contribution < -0.4 is 10.3 Å². The predicted octanol–water partition coefficient (Wildman–Crippen LogP) is 1.02. The molecule has 0 spiro atoms. The molecule has 4 aromatic heterocycles. The van der Waals surface area contributed by atoms with Crippen molar-refractivity contribution >= 4 is 21.1 Å². The van der Waals surface area contributed by atoms with Gasteiger partial charge in [-0.1, -0.05) is 13.0 Å². The van der Waals surface area contributed by atoms with Crippen LogP contribution in [-0.2, 0) is 14.8 Å². The molecule has 0 bridgehead atoms. The first-order chi connectivity index (χ1) is 18.8. The van der Waals surface area contributed by atoms with Crippen molar-refractivity contribution in [3.8, 4) is 17.4 Å². The lowest BCUT2D eigenvalue weighted by atomic mass is 10.3. The zero-order chi connectivity index (χ0) is 27.6. The van der Waals surface area contributed by atoms with Gasteiger partial charge >= 0.3 is 0 Å². The van der Waals surface area contributed by atoms with E-state index in [2.05, 4.69) is 25.0 Å². The first-order valence-corrected chi connectivity index (χ1v) is 14.0. The summed E-state index contributed by atoms with van der Waals surface area (Å²) in [6.07, 6.45) is 4.51. The van der Waals surface area contributed by atoms with Crippen molar-refractivity contribution in [1.29, 1.82) is 0 Å². The minimum Gasteiger partial charge on any atom is -0.474 e. The van der Waals surface area contributed by atoms with E-state index in [-0.39, 0.29) is 35.2 Å². The van der Waals surface area contributed by atoms with E-state index in [0.29, 0.717) is 43.3 Å². The van der Waals surface area contributed by atoms with Crippen LogP contribution in [0.4, 0.5) is 0 Å². The van der Waals surface area contributed by atoms with Gasteiger partial charge in [0.2, 0.25) is 15.9 Å². The van der Waals surface area contributed by atoms with Gasteiger partial charge in [-0.2, -0.15) is 9.40 Å². The monoisotopic (exact) mass is 554 g/mol. The molecule has 13 nitrogen and oxygen atoms in total. The summed E-state index contributed by atoms with van der Waals surface area (Å²) >= 11 is 0. The molecule has 14 heteroatoms. The molecule has 4 aromatic rings. The topological polar surface area (TPSA) is 138 Å². The maximum absolute atomic E-state index is 13.8. The standard InChI is InChI=1S/C25H30N8O5S/c1-4-30-9-11-31(12-10-30)39(35,36)19-15-21(24(27-16-19)38-14-13-37-3)33-18(2)28-20-17-32(29-23(20)25(33)34)22-7-5-6-8-26-22/h5-8,15-17H,4,9-14H2,1-3H3. The predicted molar refractivity (Wildman–Crippen MR) is 143 cm³/mol. The Balaban J connectivity index is 1.61. The third kappa shape index (κ3) is 5.28. The first-order valence-electron chi connectivity index (χ1n) is 12.6. The fourth-order valence-electron chi connectivity index (χ4n) is 4.46. The fourth-order valence-corrected chi connectivity index (χ4v) is 5.85. The van der Waals surface area contributed by atoms with E-state index in [1.807, 2.05) is 13.0 Å². The van der Waals surface area contributed by atoms with Gasteiger partial charge in [-0.15, -0.1) is 0 Å². The molecule has 0 amide bonds. The molecule has 5 rings (SSSR count). The Hall–Kier alpha value is -3.72. The summed E-state index contributed by atoms with van der Waals surface area (Å²) in [5, 5.41) is 4.42. The molecule has 1 aliphatic heterocycles. The zero-order valence-electron chi connectivity index (χ0n) is 22.0. The third-order valence-electron chi connectivity index (χ3n) is 6.58. The number of ether oxygens (including phenoxy) is 2. The van der Waals surface area contributed by atoms with Crippen molar-refractivity contribution < 1.29 is 17.9 Å². The van der Waals surface area contributed by atoms with Crippen LogP contribution in [0.15, 0.2) is 52.5 Å². The Kier molecular flexibility index (Phi) is 7.70. The number of aryl methyl sites for hydroxylation is 1. The highest BCUT2D eigenvalue weighted by atomic mass is 32.2. The molecular weight excluding hydrogens is 524 g/mol. The van der Waals surface area contributed by atoms with Crippen LogP contribution in [0.25, 0.3) is 22.5 Å². The van der Waals surface area contributed by atoms with E-state index in [1.165, 1.54) is 32.9 Å². The highest BCUT2D eigenvalue weighted by Gasteiger charge is 2.30. The van der Waals surface area contributed by atoms with Crippen molar-refractivity contribution in [3.05, 3.63) is 59.0 Å². The fraction of sp³-hybridized carbons (Fsp3) is 0.400. The number of sulfonamides is 1. The average Bonchev–Trinajstić information content (AvgIpc) is 3.38. The smallest absolute Gasteiger partial charge is 0.286 e. The number of rotatable bonds is 9. The van der Waals surface area contributed by atoms with Crippen molar-refractivity contribution in [2.45, 2.75) is 18.7 Å². The third-order valence-corrected chi connectivity index (χ3v) is 8.44. The summed E-state index contributed by atoms with van der Waals surface area (Å²) in [7, 11) is -2.33. The van der Waals surface area contributed by atoms with Crippen molar-refractivity contribution in [1.82, 2.24) is 38.5 Å². The van der Waals surface area contributed by atoms with Gasteiger partial charge in [0.15, 0.2) is 11.3 Å². The van der Waals surface area contributed by atoms with Crippen molar-refractivity contribution in [2.75, 3.05) is 53.0 Å². The second-order valence-corrected chi connectivity index (χ2v) is 10.9. The summed E-state index contributed by atoms with van der Waals surface area (Å²) < 4.78 is 42.2. The lowest BCUT2D eigenvalue weighted by molar-refractivity contribution is 0.143. The Bertz CT molecular complexity index is 1630. The normalized spacial score (nSPS) is 15.2. The van der Waals surface area contributed by atoms with Crippen LogP contribution in [0.3, 0.4) is 0 Å². The van der Waals surface area contributed by atoms with Gasteiger partial charge in [-0.3, -0.25) is 9.36 Å². The molecule has 0 atom stereocenters. The van der Waals surface area contributed by atoms with Crippen LogP contribution in [-0.4, -0.2) is 100.0 Å². The number of hydrogen-bond donors (Lipinski definition) is 0. The lowest BCUT2D eigenvalue weighted by Gasteiger charge is -2.33. The average molecular weight is 555 g/mol. The van der Waals surface area contributed by atoms with Gasteiger partial charge in [0.1, 0.15) is 28.5 Å². The van der Waals surface area contributed by atoms with Crippen LogP contribution in [0.2, 0.25) is 0 Å². The van der Waals surface area contributed by atoms with E-state index >= 15 is 0 Å². The molecule has 206 valence electrons. The number of methoxy groups -OCH3 is 1. The van der Waals surface area contributed by atoms with Gasteiger partial charge in [-0.05, 0) is 31.7 Å². The lowest BCUT2D eigenvalue weighted by Crippen LogP contribution is -2.48. The molecule has 5 heterocycles. The van der Waals surface area contributed by atoms with E-state index in [1.54, 1.807) is 31.5 Å². The number of hydrogen-bond acceptors (Lipinski definition) is 10. The number of likely N-dealkylation sites (N-methyl/N-ethyl adjacent to an activating group) is 1. The van der Waals surface area contributed by atoms with E-state index in [9.17, 15) is 13.2 Å². The molecule has 0 unspecified atom stereocenters. The highest BCUT2D eigenvalue weighted by Crippen LogP contribution is 2.27. The van der Waals surface area contributed by atoms with Crippen LogP contribution in [0.5, 0.6) is 5.88 Å². The molecule has 0 N–H and O–H groups in total. The number of piperazine rings is 1. The largest absolute Gasteiger partial charge is 0.474 e. The maximum atomic E-state index is 13.8. The molecule has 0 aromatic carbocycles. The Morgan fingerprint density at radius 3 is 2.56 bits per heavy atom. The van der Waals surface area contributed by atoms with Crippen LogP contribution >= 0.6 is 0 Å². The van der Waals surface area contributed by atoms with Gasteiger partial charge in [-0.25, -0.2) is 28.1 Å². The van der Waals surface area contributed by atoms with E-state index < -0.39 is 15.6 Å². The maximum Gasteiger partial charge on any atom is 0.286 e. The summed E-state index contributed by atoms with van der Waals surface area (Å²) in [5.41, 5.74) is 0.144. The molecule has 1 fully saturated rings. The number of pyridine rings is 2. The first kappa shape index (κ1) is 26.9. The summed E-state index contributed by atoms with van der Waals surface area (Å²) in [5.74, 6) is 0.926. The van der Waals surface area contributed by atoms with Crippen molar-refractivity contribution in [2.24, 2.45) is 0 Å². The minimum atomic E-state index is -3.87. The molecule has 1 aliphatic rings. The molecular formula is C25H30N8O5S. The van der Waals surface area contributed by atoms with Gasteiger partial charge in [0, 0.05) is 39.5 Å². The quantitative estimate of drug-likeness (QED) is 0.276. The zero-order valence-corrected chi connectivity index (χ0v) is 22.8. The molecule has 39 heavy (non-hydrogen) atoms. The van der Waals surface area contributed by atoms with Crippen LogP contribution in [0, 0.1) is 6.92 Å². The minimum absolute atomic E-state index is 0.0352. The molecule has 0 radical (unpaired) electrons. The highest BCUT2D eigenvalue weighted by molar-refractivity contribution is 7.89. The number of nitrogens with zero attached hydrogens (tertiary/aromatic N) is 8. The second-order valence-electron chi connectivity index (χ2n) is 8.97. The molecule has 0 aliphatic carbocycles. The van der Waals surface area contributed by atoms with E-state index in [4.69, 9.17) is 9.47 Å². The molecule has 1 saturated heterocycles. The number of fused-ring (bicyclic) bond motifs is 1. The van der Waals surface area contributed by atoms with Gasteiger partial charge in [0.05, 0.1) is 19.0 Å². The van der Waals surface area contributed by atoms with Gasteiger partial charge in [0.25, 0.3) is 5.56 Å². The Morgan fingerprint density at radius 1 is 1.08 bits per heavy atom. The second kappa shape index (κ2) is 11.2. The van der Waals surface area contributed by atoms with Gasteiger partial charge < -0.3 is 14.4 Å². The Labute approximate surface area is 225 Å². The van der Waals surface area contributed by atoms with Crippen molar-refractivity contribution in [3.63, 3.8) is 0 Å². The summed E-state index contributed by atoms with van der Waals surface area (Å²) in [6.45, 7) is 7.03. The number of aromatic nitrogens is 6. The van der Waals surface area contributed by atoms with E-state index in [0.717, 1.165) is 6.54 Å². The van der Waals surface area contributed by atoms with Crippen LogP contribution in [0.1, 0.15) is 12.7 Å². The summed E-state index contributed by atoms with van der Waals surface area (Å²) in [4.78, 5) is 29.1. The molecule has 0 saturated carbocycles. The SMILES string of the molecule is CCN1CCN(S(=O)(=O)c2cnc(OCCOC)c(-n3c(C)nc4cn(-c5ccccn5)nc4c3=O)c2)CC1. The summed E-state index contributed by atoms with van der Waals surface area (Å²) in [6, 6.07) is 6.77. The Morgan fingerprint density at radius 2 is 1.87 bits per heavy atom.